The molecular formula is C5H12N2S. The summed E-state index contributed by atoms with van der Waals surface area (Å²) < 4.78 is 0. The molecule has 0 amide bonds. The summed E-state index contributed by atoms with van der Waals surface area (Å²) >= 11 is 4.09. The van der Waals surface area contributed by atoms with E-state index in [1.807, 2.05) is 13.8 Å². The molecule has 3 heteroatoms. The summed E-state index contributed by atoms with van der Waals surface area (Å²) in [6, 6.07) is 0. The van der Waals surface area contributed by atoms with Crippen LogP contribution in [-0.2, 0) is 0 Å². The van der Waals surface area contributed by atoms with Gasteiger partial charge in [-0.05, 0) is 26.1 Å². The highest BCUT2D eigenvalue weighted by Gasteiger charge is 1.53. The smallest absolute Gasteiger partial charge is 0.160 e. The van der Waals surface area contributed by atoms with E-state index >= 15 is 0 Å². The van der Waals surface area contributed by atoms with Crippen LogP contribution in [0.4, 0.5) is 0 Å². The minimum Gasteiger partial charge on any atom is -0.377 e. The molecule has 0 spiro atoms. The van der Waals surface area contributed by atoms with Gasteiger partial charge in [0.05, 0.1) is 0 Å². The summed E-state index contributed by atoms with van der Waals surface area (Å²) in [4.78, 5) is 0. The fourth-order valence-corrected chi connectivity index (χ4v) is 0. The van der Waals surface area contributed by atoms with Gasteiger partial charge >= 0.3 is 0 Å². The number of hydrogen-bond donors (Lipinski definition) is 2. The van der Waals surface area contributed by atoms with Crippen LogP contribution in [0.5, 0.6) is 0 Å². The molecule has 0 bridgehead atoms. The van der Waals surface area contributed by atoms with Crippen molar-refractivity contribution in [3.05, 3.63) is 12.2 Å². The standard InChI is InChI=1S/C4H8.CH4N2S/c1-4(2)3;2-1(3)4/h1H2,2-3H3;(H4,2,3,4). The van der Waals surface area contributed by atoms with Gasteiger partial charge in [0.15, 0.2) is 5.11 Å². The van der Waals surface area contributed by atoms with E-state index in [1.165, 1.54) is 5.57 Å². The number of nitrogens with two attached hydrogens (primary N) is 2. The minimum atomic E-state index is 0.000000000000000222. The Morgan fingerprint density at radius 2 is 1.38 bits per heavy atom. The zero-order valence-electron chi connectivity index (χ0n) is 5.27. The molecule has 0 aliphatic carbocycles. The summed E-state index contributed by atoms with van der Waals surface area (Å²) in [6.07, 6.45) is 0. The maximum Gasteiger partial charge on any atom is 0.160 e. The lowest BCUT2D eigenvalue weighted by Gasteiger charge is -1.68. The molecule has 0 aromatic heterocycles. The van der Waals surface area contributed by atoms with Gasteiger partial charge in [0, 0.05) is 0 Å². The highest BCUT2D eigenvalue weighted by atomic mass is 32.1. The van der Waals surface area contributed by atoms with Crippen molar-refractivity contribution in [2.24, 2.45) is 11.5 Å². The Balaban J connectivity index is 0. The summed E-state index contributed by atoms with van der Waals surface area (Å²) in [5.41, 5.74) is 10.4. The number of rotatable bonds is 0. The molecule has 0 aromatic rings. The maximum atomic E-state index is 4.62. The second kappa shape index (κ2) is 6.43. The van der Waals surface area contributed by atoms with Crippen LogP contribution >= 0.6 is 12.2 Å². The molecule has 0 aliphatic rings. The third-order valence-corrected chi connectivity index (χ3v) is 0. The average molecular weight is 132 g/mol. The number of allylic oxidation sites excluding steroid dienone is 1. The van der Waals surface area contributed by atoms with Crippen molar-refractivity contribution in [1.82, 2.24) is 0 Å². The zero-order chi connectivity index (χ0) is 7.15. The molecule has 8 heavy (non-hydrogen) atoms. The minimum absolute atomic E-state index is 0.000000000000000222. The molecule has 0 saturated heterocycles. The molecule has 0 aliphatic heterocycles. The Morgan fingerprint density at radius 3 is 1.38 bits per heavy atom. The van der Waals surface area contributed by atoms with Crippen molar-refractivity contribution in [1.29, 1.82) is 0 Å². The molecule has 0 fully saturated rings. The molecule has 0 heterocycles. The Morgan fingerprint density at radius 1 is 1.38 bits per heavy atom. The van der Waals surface area contributed by atoms with Gasteiger partial charge in [-0.15, -0.1) is 6.58 Å². The number of hydrogen-bond acceptors (Lipinski definition) is 1. The van der Waals surface area contributed by atoms with E-state index < -0.39 is 0 Å². The van der Waals surface area contributed by atoms with Crippen LogP contribution < -0.4 is 11.5 Å². The quantitative estimate of drug-likeness (QED) is 0.378. The first kappa shape index (κ1) is 10.4. The van der Waals surface area contributed by atoms with E-state index in [0.717, 1.165) is 0 Å². The molecule has 48 valence electrons. The van der Waals surface area contributed by atoms with Gasteiger partial charge in [-0.25, -0.2) is 0 Å². The summed E-state index contributed by atoms with van der Waals surface area (Å²) in [5, 5.41) is 0.000000000000000222. The van der Waals surface area contributed by atoms with Crippen LogP contribution in [0.1, 0.15) is 13.8 Å². The van der Waals surface area contributed by atoms with Crippen molar-refractivity contribution < 1.29 is 0 Å². The largest absolute Gasteiger partial charge is 0.377 e. The van der Waals surface area contributed by atoms with Crippen molar-refractivity contribution >= 4 is 17.3 Å². The van der Waals surface area contributed by atoms with Gasteiger partial charge in [0.2, 0.25) is 0 Å². The Bertz CT molecular complexity index is 68.4. The first-order chi connectivity index (χ1) is 3.46. The molecule has 4 N–H and O–H groups in total. The molecule has 0 rings (SSSR count). The fraction of sp³-hybridized carbons (Fsp3) is 0.400. The molecule has 0 saturated carbocycles. The normalized spacial score (nSPS) is 6.25. The van der Waals surface area contributed by atoms with E-state index in [2.05, 4.69) is 30.3 Å². The van der Waals surface area contributed by atoms with Crippen LogP contribution in [0.3, 0.4) is 0 Å². The van der Waals surface area contributed by atoms with Crippen molar-refractivity contribution in [3.8, 4) is 0 Å². The average Bonchev–Trinajstić information content (AvgIpc) is 1.25. The van der Waals surface area contributed by atoms with Gasteiger partial charge in [-0.2, -0.15) is 0 Å². The number of thiocarbonyl (C=S) groups is 1. The summed E-state index contributed by atoms with van der Waals surface area (Å²) in [5.74, 6) is 0. The van der Waals surface area contributed by atoms with Gasteiger partial charge in [0.1, 0.15) is 0 Å². The first-order valence-corrected chi connectivity index (χ1v) is 2.54. The molecule has 2 nitrogen and oxygen atoms in total. The SMILES string of the molecule is C=C(C)C.NC(N)=S. The Hall–Kier alpha value is -0.570. The van der Waals surface area contributed by atoms with Crippen molar-refractivity contribution in [3.63, 3.8) is 0 Å². The Kier molecular flexibility index (Phi) is 8.37. The summed E-state index contributed by atoms with van der Waals surface area (Å²) in [7, 11) is 0. The van der Waals surface area contributed by atoms with Gasteiger partial charge < -0.3 is 11.5 Å². The van der Waals surface area contributed by atoms with Crippen molar-refractivity contribution in [2.75, 3.05) is 0 Å². The first-order valence-electron chi connectivity index (χ1n) is 2.14. The van der Waals surface area contributed by atoms with Gasteiger partial charge in [-0.1, -0.05) is 5.57 Å². The molecule has 0 aromatic carbocycles. The molecular weight excluding hydrogens is 120 g/mol. The van der Waals surface area contributed by atoms with Crippen molar-refractivity contribution in [2.45, 2.75) is 13.8 Å². The highest BCUT2D eigenvalue weighted by molar-refractivity contribution is 7.80. The predicted octanol–water partition coefficient (Wildman–Crippen LogP) is 0.771. The van der Waals surface area contributed by atoms with Gasteiger partial charge in [-0.3, -0.25) is 0 Å². The summed E-state index contributed by atoms with van der Waals surface area (Å²) in [6.45, 7) is 7.50. The second-order valence-corrected chi connectivity index (χ2v) is 2.08. The van der Waals surface area contributed by atoms with E-state index in [-0.39, 0.29) is 5.11 Å². The van der Waals surface area contributed by atoms with E-state index in [1.54, 1.807) is 0 Å². The van der Waals surface area contributed by atoms with Crippen LogP contribution in [0.15, 0.2) is 12.2 Å². The van der Waals surface area contributed by atoms with Crippen LogP contribution in [0.2, 0.25) is 0 Å². The second-order valence-electron chi connectivity index (χ2n) is 1.61. The lowest BCUT2D eigenvalue weighted by molar-refractivity contribution is 1.42. The lowest BCUT2D eigenvalue weighted by Crippen LogP contribution is -2.18. The third kappa shape index (κ3) is 328. The molecule has 0 radical (unpaired) electrons. The fourth-order valence-electron chi connectivity index (χ4n) is 0. The van der Waals surface area contributed by atoms with E-state index in [0.29, 0.717) is 0 Å². The maximum absolute atomic E-state index is 4.62. The van der Waals surface area contributed by atoms with Crippen LogP contribution in [-0.4, -0.2) is 5.11 Å². The van der Waals surface area contributed by atoms with E-state index in [9.17, 15) is 0 Å². The predicted molar refractivity (Wildman–Crippen MR) is 41.5 cm³/mol. The third-order valence-electron chi connectivity index (χ3n) is 0. The van der Waals surface area contributed by atoms with Gasteiger partial charge in [0.25, 0.3) is 0 Å². The van der Waals surface area contributed by atoms with Crippen LogP contribution in [0.25, 0.3) is 0 Å². The van der Waals surface area contributed by atoms with Crippen LogP contribution in [0, 0.1) is 0 Å². The lowest BCUT2D eigenvalue weighted by atomic mass is 10.4. The van der Waals surface area contributed by atoms with E-state index in [4.69, 9.17) is 0 Å². The molecule has 0 unspecified atom stereocenters. The molecule has 0 atom stereocenters. The monoisotopic (exact) mass is 132 g/mol. The topological polar surface area (TPSA) is 52.0 Å². The highest BCUT2D eigenvalue weighted by Crippen LogP contribution is 1.73. The zero-order valence-corrected chi connectivity index (χ0v) is 6.09. The Labute approximate surface area is 55.6 Å².